The van der Waals surface area contributed by atoms with Crippen molar-refractivity contribution in [3.05, 3.63) is 58.9 Å². The lowest BCUT2D eigenvalue weighted by Gasteiger charge is -2.36. The van der Waals surface area contributed by atoms with E-state index in [0.717, 1.165) is 4.88 Å². The SMILES string of the molecule is Cc1cnc(N2c3cccc(C(=O)Nc4ccc(OCC(C)C)c(F)c4)c3OCC2CO)s1. The van der Waals surface area contributed by atoms with Gasteiger partial charge in [-0.3, -0.25) is 4.79 Å². The second-order valence-electron chi connectivity index (χ2n) is 8.23. The number of aliphatic hydroxyl groups excluding tert-OH is 1. The molecular formula is C24H26FN3O4S. The van der Waals surface area contributed by atoms with Gasteiger partial charge in [0, 0.05) is 22.8 Å². The van der Waals surface area contributed by atoms with E-state index in [9.17, 15) is 14.3 Å². The van der Waals surface area contributed by atoms with Crippen LogP contribution in [0.1, 0.15) is 29.1 Å². The van der Waals surface area contributed by atoms with Crippen LogP contribution in [-0.2, 0) is 0 Å². The van der Waals surface area contributed by atoms with Crippen LogP contribution in [-0.4, -0.2) is 41.9 Å². The average Bonchev–Trinajstić information content (AvgIpc) is 3.22. The van der Waals surface area contributed by atoms with Crippen molar-refractivity contribution in [3.8, 4) is 11.5 Å². The Kier molecular flexibility index (Phi) is 6.80. The number of carbonyl (C=O) groups excluding carboxylic acids is 1. The quantitative estimate of drug-likeness (QED) is 0.517. The second-order valence-corrected chi connectivity index (χ2v) is 9.44. The van der Waals surface area contributed by atoms with E-state index in [1.807, 2.05) is 31.7 Å². The highest BCUT2D eigenvalue weighted by atomic mass is 32.1. The molecule has 0 bridgehead atoms. The molecule has 7 nitrogen and oxygen atoms in total. The lowest BCUT2D eigenvalue weighted by molar-refractivity contribution is 0.102. The summed E-state index contributed by atoms with van der Waals surface area (Å²) in [6, 6.07) is 9.22. The lowest BCUT2D eigenvalue weighted by atomic mass is 10.1. The summed E-state index contributed by atoms with van der Waals surface area (Å²) in [6.07, 6.45) is 1.77. The Hall–Kier alpha value is -3.17. The Bertz CT molecular complexity index is 1150. The number of carbonyl (C=O) groups is 1. The third-order valence-electron chi connectivity index (χ3n) is 5.07. The molecule has 2 heterocycles. The maximum absolute atomic E-state index is 14.4. The standard InChI is InChI=1S/C24H26FN3O4S/c1-14(2)12-31-21-8-7-16(9-19(21)25)27-23(30)18-5-4-6-20-22(18)32-13-17(11-29)28(20)24-26-10-15(3)33-24/h4-10,14,17,29H,11-13H2,1-3H3,(H,27,30). The van der Waals surface area contributed by atoms with Gasteiger partial charge in [-0.25, -0.2) is 9.37 Å². The minimum absolute atomic E-state index is 0.126. The van der Waals surface area contributed by atoms with Crippen molar-refractivity contribution in [3.63, 3.8) is 0 Å². The molecule has 0 aliphatic carbocycles. The number of amides is 1. The molecule has 2 N–H and O–H groups in total. The molecule has 1 aliphatic heterocycles. The predicted octanol–water partition coefficient (Wildman–Crippen LogP) is 4.77. The van der Waals surface area contributed by atoms with Crippen molar-refractivity contribution in [2.24, 2.45) is 5.92 Å². The number of thiazole rings is 1. The molecule has 1 unspecified atom stereocenters. The van der Waals surface area contributed by atoms with Gasteiger partial charge in [0.1, 0.15) is 6.61 Å². The van der Waals surface area contributed by atoms with E-state index < -0.39 is 11.7 Å². The molecule has 1 aliphatic rings. The van der Waals surface area contributed by atoms with E-state index in [4.69, 9.17) is 9.47 Å². The van der Waals surface area contributed by atoms with Gasteiger partial charge < -0.3 is 24.8 Å². The third kappa shape index (κ3) is 4.94. The number of hydrogen-bond acceptors (Lipinski definition) is 7. The van der Waals surface area contributed by atoms with Crippen LogP contribution in [0.25, 0.3) is 0 Å². The molecule has 0 saturated heterocycles. The highest BCUT2D eigenvalue weighted by molar-refractivity contribution is 7.15. The van der Waals surface area contributed by atoms with Gasteiger partial charge in [-0.1, -0.05) is 19.9 Å². The molecule has 1 amide bonds. The maximum Gasteiger partial charge on any atom is 0.259 e. The van der Waals surface area contributed by atoms with Crippen LogP contribution in [0.2, 0.25) is 0 Å². The summed E-state index contributed by atoms with van der Waals surface area (Å²) in [4.78, 5) is 20.4. The Morgan fingerprint density at radius 3 is 2.88 bits per heavy atom. The first kappa shape index (κ1) is 23.0. The normalized spacial score (nSPS) is 15.2. The Balaban J connectivity index is 1.59. The number of aryl methyl sites for hydroxylation is 1. The highest BCUT2D eigenvalue weighted by Crippen LogP contribution is 2.42. The first-order valence-corrected chi connectivity index (χ1v) is 11.5. The fourth-order valence-electron chi connectivity index (χ4n) is 3.49. The van der Waals surface area contributed by atoms with Crippen LogP contribution >= 0.6 is 11.3 Å². The zero-order chi connectivity index (χ0) is 23.5. The smallest absolute Gasteiger partial charge is 0.259 e. The van der Waals surface area contributed by atoms with E-state index in [1.54, 1.807) is 24.4 Å². The van der Waals surface area contributed by atoms with Gasteiger partial charge in [0.15, 0.2) is 22.4 Å². The molecule has 4 rings (SSSR count). The summed E-state index contributed by atoms with van der Waals surface area (Å²) < 4.78 is 25.8. The fourth-order valence-corrected chi connectivity index (χ4v) is 4.34. The molecule has 0 saturated carbocycles. The minimum atomic E-state index is -0.545. The van der Waals surface area contributed by atoms with Gasteiger partial charge in [0.25, 0.3) is 5.91 Å². The first-order chi connectivity index (χ1) is 15.9. The molecule has 3 aromatic rings. The summed E-state index contributed by atoms with van der Waals surface area (Å²) in [5.41, 5.74) is 1.26. The Morgan fingerprint density at radius 2 is 2.21 bits per heavy atom. The van der Waals surface area contributed by atoms with Crippen molar-refractivity contribution >= 4 is 33.8 Å². The van der Waals surface area contributed by atoms with Crippen LogP contribution in [0.15, 0.2) is 42.6 Å². The Morgan fingerprint density at radius 1 is 1.39 bits per heavy atom. The van der Waals surface area contributed by atoms with Crippen molar-refractivity contribution in [2.45, 2.75) is 26.8 Å². The summed E-state index contributed by atoms with van der Waals surface area (Å²) >= 11 is 1.50. The summed E-state index contributed by atoms with van der Waals surface area (Å²) in [7, 11) is 0. The van der Waals surface area contributed by atoms with Crippen LogP contribution in [0, 0.1) is 18.7 Å². The highest BCUT2D eigenvalue weighted by Gasteiger charge is 2.33. The third-order valence-corrected chi connectivity index (χ3v) is 5.98. The van der Waals surface area contributed by atoms with E-state index in [-0.39, 0.29) is 30.9 Å². The average molecular weight is 472 g/mol. The molecule has 0 radical (unpaired) electrons. The zero-order valence-electron chi connectivity index (χ0n) is 18.7. The zero-order valence-corrected chi connectivity index (χ0v) is 19.5. The number of nitrogens with one attached hydrogen (secondary N) is 1. The van der Waals surface area contributed by atoms with Gasteiger partial charge in [-0.15, -0.1) is 11.3 Å². The number of anilines is 3. The molecule has 0 spiro atoms. The van der Waals surface area contributed by atoms with Crippen LogP contribution in [0.4, 0.5) is 20.9 Å². The number of aromatic nitrogens is 1. The number of benzene rings is 2. The van der Waals surface area contributed by atoms with Crippen LogP contribution in [0.5, 0.6) is 11.5 Å². The van der Waals surface area contributed by atoms with Gasteiger partial charge >= 0.3 is 0 Å². The van der Waals surface area contributed by atoms with E-state index in [0.29, 0.717) is 34.4 Å². The topological polar surface area (TPSA) is 83.9 Å². The molecular weight excluding hydrogens is 445 g/mol. The van der Waals surface area contributed by atoms with Crippen molar-refractivity contribution < 1.29 is 23.8 Å². The summed E-state index contributed by atoms with van der Waals surface area (Å²) in [5, 5.41) is 13.3. The first-order valence-electron chi connectivity index (χ1n) is 10.7. The number of nitrogens with zero attached hydrogens (tertiary/aromatic N) is 2. The summed E-state index contributed by atoms with van der Waals surface area (Å²) in [6.45, 7) is 6.39. The van der Waals surface area contributed by atoms with E-state index in [1.165, 1.54) is 23.5 Å². The van der Waals surface area contributed by atoms with E-state index in [2.05, 4.69) is 10.3 Å². The van der Waals surface area contributed by atoms with Crippen LogP contribution in [0.3, 0.4) is 0 Å². The number of halogens is 1. The van der Waals surface area contributed by atoms with Gasteiger partial charge in [0.05, 0.1) is 30.5 Å². The number of fused-ring (bicyclic) bond motifs is 1. The number of ether oxygens (including phenoxy) is 2. The van der Waals surface area contributed by atoms with Gasteiger partial charge in [-0.2, -0.15) is 0 Å². The van der Waals surface area contributed by atoms with Crippen molar-refractivity contribution in [2.75, 3.05) is 30.0 Å². The van der Waals surface area contributed by atoms with Crippen LogP contribution < -0.4 is 19.7 Å². The lowest BCUT2D eigenvalue weighted by Crippen LogP contribution is -2.42. The largest absolute Gasteiger partial charge is 0.490 e. The summed E-state index contributed by atoms with van der Waals surface area (Å²) in [5.74, 6) is -0.168. The molecule has 174 valence electrons. The molecule has 9 heteroatoms. The van der Waals surface area contributed by atoms with E-state index >= 15 is 0 Å². The Labute approximate surface area is 195 Å². The number of aliphatic hydroxyl groups is 1. The number of rotatable bonds is 7. The number of para-hydroxylation sites is 1. The van der Waals surface area contributed by atoms with Crippen molar-refractivity contribution in [1.29, 1.82) is 0 Å². The molecule has 2 aromatic carbocycles. The number of hydrogen-bond donors (Lipinski definition) is 2. The second kappa shape index (κ2) is 9.76. The van der Waals surface area contributed by atoms with Gasteiger partial charge in [0.2, 0.25) is 0 Å². The minimum Gasteiger partial charge on any atom is -0.490 e. The molecule has 33 heavy (non-hydrogen) atoms. The van der Waals surface area contributed by atoms with Crippen molar-refractivity contribution in [1.82, 2.24) is 4.98 Å². The molecule has 1 atom stereocenters. The molecule has 1 aromatic heterocycles. The molecule has 0 fully saturated rings. The fraction of sp³-hybridized carbons (Fsp3) is 0.333. The van der Waals surface area contributed by atoms with Gasteiger partial charge in [-0.05, 0) is 37.1 Å². The maximum atomic E-state index is 14.4. The monoisotopic (exact) mass is 471 g/mol. The predicted molar refractivity (Wildman–Crippen MR) is 126 cm³/mol.